The Bertz CT molecular complexity index is 748. The molecule has 0 aliphatic carbocycles. The van der Waals surface area contributed by atoms with Crippen molar-refractivity contribution in [1.29, 1.82) is 0 Å². The van der Waals surface area contributed by atoms with Gasteiger partial charge < -0.3 is 15.4 Å². The molecule has 0 radical (unpaired) electrons. The quantitative estimate of drug-likeness (QED) is 0.721. The van der Waals surface area contributed by atoms with Crippen molar-refractivity contribution >= 4 is 40.7 Å². The Morgan fingerprint density at radius 3 is 2.44 bits per heavy atom. The Morgan fingerprint density at radius 1 is 1.08 bits per heavy atom. The molecule has 7 heteroatoms. The number of carbonyl (C=O) groups excluding carboxylic acids is 2. The molecule has 0 aliphatic rings. The fourth-order valence-corrected chi connectivity index (χ4v) is 2.61. The molecule has 0 unspecified atom stereocenters. The molecule has 0 atom stereocenters. The fourth-order valence-electron chi connectivity index (χ4n) is 2.12. The molecule has 2 aromatic rings. The molecule has 0 saturated carbocycles. The lowest BCUT2D eigenvalue weighted by molar-refractivity contribution is -0.120. The Balaban J connectivity index is 1.93. The molecule has 2 rings (SSSR count). The zero-order chi connectivity index (χ0) is 18.2. The van der Waals surface area contributed by atoms with Gasteiger partial charge in [-0.1, -0.05) is 35.3 Å². The first-order chi connectivity index (χ1) is 12.0. The number of hydrogen-bond acceptors (Lipinski definition) is 3. The Kier molecular flexibility index (Phi) is 7.25. The summed E-state index contributed by atoms with van der Waals surface area (Å²) in [6.07, 6.45) is 0.265. The van der Waals surface area contributed by atoms with Crippen molar-refractivity contribution in [1.82, 2.24) is 5.32 Å². The summed E-state index contributed by atoms with van der Waals surface area (Å²) in [7, 11) is 1.58. The van der Waals surface area contributed by atoms with Crippen LogP contribution in [0, 0.1) is 0 Å². The highest BCUT2D eigenvalue weighted by atomic mass is 35.5. The van der Waals surface area contributed by atoms with Crippen LogP contribution in [0.1, 0.15) is 15.9 Å². The first kappa shape index (κ1) is 19.2. The Morgan fingerprint density at radius 2 is 1.80 bits per heavy atom. The first-order valence-electron chi connectivity index (χ1n) is 7.60. The fraction of sp³-hybridized carbons (Fsp3) is 0.222. The van der Waals surface area contributed by atoms with Gasteiger partial charge in [0.2, 0.25) is 5.91 Å². The smallest absolute Gasteiger partial charge is 0.257 e. The van der Waals surface area contributed by atoms with Crippen LogP contribution in [0.4, 0.5) is 5.69 Å². The van der Waals surface area contributed by atoms with Crippen LogP contribution < -0.4 is 10.6 Å². The molecule has 0 aromatic heterocycles. The predicted molar refractivity (Wildman–Crippen MR) is 99.4 cm³/mol. The van der Waals surface area contributed by atoms with E-state index >= 15 is 0 Å². The molecule has 0 bridgehead atoms. The van der Waals surface area contributed by atoms with Gasteiger partial charge in [0, 0.05) is 24.4 Å². The second kappa shape index (κ2) is 9.42. The normalized spacial score (nSPS) is 10.4. The van der Waals surface area contributed by atoms with Crippen LogP contribution in [0.15, 0.2) is 42.5 Å². The van der Waals surface area contributed by atoms with E-state index in [1.165, 1.54) is 6.07 Å². The maximum Gasteiger partial charge on any atom is 0.257 e. The lowest BCUT2D eigenvalue weighted by Gasteiger charge is -2.08. The van der Waals surface area contributed by atoms with Crippen LogP contribution >= 0.6 is 23.2 Å². The zero-order valence-corrected chi connectivity index (χ0v) is 15.2. The number of hydrogen-bond donors (Lipinski definition) is 2. The van der Waals surface area contributed by atoms with Crippen molar-refractivity contribution in [2.75, 3.05) is 25.6 Å². The van der Waals surface area contributed by atoms with E-state index in [0.717, 1.165) is 5.56 Å². The lowest BCUT2D eigenvalue weighted by Crippen LogP contribution is -2.28. The van der Waals surface area contributed by atoms with E-state index in [4.69, 9.17) is 27.9 Å². The Labute approximate surface area is 156 Å². The Hall–Kier alpha value is -2.08. The molecule has 2 aromatic carbocycles. The minimum Gasteiger partial charge on any atom is -0.383 e. The van der Waals surface area contributed by atoms with Crippen molar-refractivity contribution in [2.24, 2.45) is 0 Å². The molecule has 0 heterocycles. The van der Waals surface area contributed by atoms with Gasteiger partial charge in [-0.25, -0.2) is 0 Å². The van der Waals surface area contributed by atoms with Gasteiger partial charge in [-0.2, -0.15) is 0 Å². The summed E-state index contributed by atoms with van der Waals surface area (Å²) in [6, 6.07) is 11.7. The molecular weight excluding hydrogens is 363 g/mol. The second-order valence-electron chi connectivity index (χ2n) is 5.29. The van der Waals surface area contributed by atoms with Gasteiger partial charge in [0.25, 0.3) is 5.91 Å². The summed E-state index contributed by atoms with van der Waals surface area (Å²) in [4.78, 5) is 24.0. The van der Waals surface area contributed by atoms with Crippen LogP contribution in [-0.4, -0.2) is 32.1 Å². The van der Waals surface area contributed by atoms with Gasteiger partial charge in [0.05, 0.1) is 23.6 Å². The molecule has 5 nitrogen and oxygen atoms in total. The number of amides is 2. The third-order valence-corrected chi connectivity index (χ3v) is 3.93. The minimum atomic E-state index is -0.327. The maximum atomic E-state index is 12.2. The molecular formula is C18H18Cl2N2O3. The summed E-state index contributed by atoms with van der Waals surface area (Å²) in [5, 5.41) is 6.26. The third-order valence-electron chi connectivity index (χ3n) is 3.38. The van der Waals surface area contributed by atoms with Crippen molar-refractivity contribution in [2.45, 2.75) is 6.42 Å². The van der Waals surface area contributed by atoms with Crippen molar-refractivity contribution in [3.63, 3.8) is 0 Å². The highest BCUT2D eigenvalue weighted by Gasteiger charge is 2.11. The van der Waals surface area contributed by atoms with Crippen molar-refractivity contribution in [3.8, 4) is 0 Å². The average molecular weight is 381 g/mol. The number of halogens is 2. The number of anilines is 1. The topological polar surface area (TPSA) is 67.4 Å². The largest absolute Gasteiger partial charge is 0.383 e. The maximum absolute atomic E-state index is 12.2. The molecule has 25 heavy (non-hydrogen) atoms. The molecule has 132 valence electrons. The summed E-state index contributed by atoms with van der Waals surface area (Å²) >= 11 is 11.9. The summed E-state index contributed by atoms with van der Waals surface area (Å²) < 4.78 is 4.87. The first-order valence-corrected chi connectivity index (χ1v) is 8.36. The monoisotopic (exact) mass is 380 g/mol. The van der Waals surface area contributed by atoms with Crippen molar-refractivity contribution < 1.29 is 14.3 Å². The van der Waals surface area contributed by atoms with Crippen molar-refractivity contribution in [3.05, 3.63) is 63.6 Å². The number of rotatable bonds is 7. The van der Waals surface area contributed by atoms with E-state index in [1.807, 2.05) is 0 Å². The van der Waals surface area contributed by atoms with E-state index in [2.05, 4.69) is 10.6 Å². The molecule has 2 N–H and O–H groups in total. The minimum absolute atomic E-state index is 0.0817. The lowest BCUT2D eigenvalue weighted by atomic mass is 10.1. The van der Waals surface area contributed by atoms with Gasteiger partial charge in [0.15, 0.2) is 0 Å². The molecule has 0 spiro atoms. The SMILES string of the molecule is COCCNC(=O)Cc1ccc(NC(=O)c2ccc(Cl)cc2Cl)cc1. The zero-order valence-electron chi connectivity index (χ0n) is 13.6. The van der Waals surface area contributed by atoms with E-state index in [9.17, 15) is 9.59 Å². The van der Waals surface area contributed by atoms with Gasteiger partial charge in [0.1, 0.15) is 0 Å². The number of carbonyl (C=O) groups is 2. The highest BCUT2D eigenvalue weighted by Crippen LogP contribution is 2.22. The molecule has 0 fully saturated rings. The van der Waals surface area contributed by atoms with E-state index in [1.54, 1.807) is 43.5 Å². The predicted octanol–water partition coefficient (Wildman–Crippen LogP) is 3.55. The van der Waals surface area contributed by atoms with E-state index < -0.39 is 0 Å². The molecule has 0 saturated heterocycles. The number of methoxy groups -OCH3 is 1. The highest BCUT2D eigenvalue weighted by molar-refractivity contribution is 6.37. The van der Waals surface area contributed by atoms with Crippen LogP contribution in [0.25, 0.3) is 0 Å². The van der Waals surface area contributed by atoms with Gasteiger partial charge in [-0.05, 0) is 35.9 Å². The van der Waals surface area contributed by atoms with E-state index in [0.29, 0.717) is 29.4 Å². The summed E-state index contributed by atoms with van der Waals surface area (Å²) in [5.41, 5.74) is 1.80. The van der Waals surface area contributed by atoms with Crippen LogP contribution in [0.2, 0.25) is 10.0 Å². The van der Waals surface area contributed by atoms with Crippen LogP contribution in [-0.2, 0) is 16.0 Å². The average Bonchev–Trinajstić information content (AvgIpc) is 2.56. The standard InChI is InChI=1S/C18H18Cl2N2O3/c1-25-9-8-21-17(23)10-12-2-5-14(6-3-12)22-18(24)15-7-4-13(19)11-16(15)20/h2-7,11H,8-10H2,1H3,(H,21,23)(H,22,24). The van der Waals surface area contributed by atoms with E-state index in [-0.39, 0.29) is 23.3 Å². The second-order valence-corrected chi connectivity index (χ2v) is 6.14. The summed E-state index contributed by atoms with van der Waals surface area (Å²) in [6.45, 7) is 0.954. The number of nitrogens with one attached hydrogen (secondary N) is 2. The third kappa shape index (κ3) is 6.05. The van der Waals surface area contributed by atoms with Crippen LogP contribution in [0.5, 0.6) is 0 Å². The van der Waals surface area contributed by atoms with Gasteiger partial charge in [-0.3, -0.25) is 9.59 Å². The van der Waals surface area contributed by atoms with Crippen LogP contribution in [0.3, 0.4) is 0 Å². The van der Waals surface area contributed by atoms with Gasteiger partial charge >= 0.3 is 0 Å². The number of ether oxygens (including phenoxy) is 1. The molecule has 0 aliphatic heterocycles. The number of benzene rings is 2. The van der Waals surface area contributed by atoms with Gasteiger partial charge in [-0.15, -0.1) is 0 Å². The summed E-state index contributed by atoms with van der Waals surface area (Å²) in [5.74, 6) is -0.409. The molecule has 2 amide bonds.